The van der Waals surface area contributed by atoms with Gasteiger partial charge in [0.2, 0.25) is 0 Å². The molecule has 1 unspecified atom stereocenters. The zero-order chi connectivity index (χ0) is 11.1. The zero-order valence-corrected chi connectivity index (χ0v) is 11.4. The van der Waals surface area contributed by atoms with Gasteiger partial charge in [0, 0.05) is 22.9 Å². The molecule has 1 N–H and O–H groups in total. The number of rotatable bonds is 7. The third-order valence-electron chi connectivity index (χ3n) is 2.04. The van der Waals surface area contributed by atoms with Crippen molar-refractivity contribution in [1.82, 2.24) is 10.3 Å². The van der Waals surface area contributed by atoms with Gasteiger partial charge < -0.3 is 5.32 Å². The van der Waals surface area contributed by atoms with Gasteiger partial charge in [-0.1, -0.05) is 32.0 Å². The fourth-order valence-corrected chi connectivity index (χ4v) is 3.33. The Labute approximate surface area is 101 Å². The molecule has 1 atom stereocenters. The van der Waals surface area contributed by atoms with Crippen molar-refractivity contribution in [3.63, 3.8) is 0 Å². The monoisotopic (exact) mass is 244 g/mol. The first-order chi connectivity index (χ1) is 7.22. The molecule has 0 amide bonds. The summed E-state index contributed by atoms with van der Waals surface area (Å²) in [6.45, 7) is 8.73. The van der Waals surface area contributed by atoms with Crippen LogP contribution in [0, 0.1) is 6.92 Å². The highest BCUT2D eigenvalue weighted by atomic mass is 32.2. The number of thioether (sulfide) groups is 1. The molecule has 4 heteroatoms. The second kappa shape index (κ2) is 7.25. The van der Waals surface area contributed by atoms with Crippen LogP contribution in [0.3, 0.4) is 0 Å². The van der Waals surface area contributed by atoms with E-state index in [9.17, 15) is 0 Å². The summed E-state index contributed by atoms with van der Waals surface area (Å²) in [6.07, 6.45) is 2.54. The summed E-state index contributed by atoms with van der Waals surface area (Å²) in [6, 6.07) is 0. The van der Waals surface area contributed by atoms with Gasteiger partial charge in [0.1, 0.15) is 4.34 Å². The smallest absolute Gasteiger partial charge is 0.150 e. The molecule has 0 bridgehead atoms. The molecule has 0 saturated heterocycles. The van der Waals surface area contributed by atoms with E-state index in [4.69, 9.17) is 0 Å². The van der Waals surface area contributed by atoms with E-state index in [0.717, 1.165) is 18.8 Å². The Morgan fingerprint density at radius 3 is 3.00 bits per heavy atom. The minimum atomic E-state index is 0.604. The van der Waals surface area contributed by atoms with Crippen LogP contribution in [0.5, 0.6) is 0 Å². The van der Waals surface area contributed by atoms with Gasteiger partial charge >= 0.3 is 0 Å². The predicted molar refractivity (Wildman–Crippen MR) is 69.9 cm³/mol. The van der Waals surface area contributed by atoms with Crippen molar-refractivity contribution < 1.29 is 0 Å². The molecule has 1 heterocycles. The molecule has 2 nitrogen and oxygen atoms in total. The lowest BCUT2D eigenvalue weighted by Gasteiger charge is -2.09. The van der Waals surface area contributed by atoms with Crippen LogP contribution >= 0.6 is 23.1 Å². The highest BCUT2D eigenvalue weighted by Crippen LogP contribution is 2.25. The molecule has 1 rings (SSSR count). The van der Waals surface area contributed by atoms with E-state index in [0.29, 0.717) is 5.25 Å². The van der Waals surface area contributed by atoms with Crippen LogP contribution < -0.4 is 5.32 Å². The van der Waals surface area contributed by atoms with Crippen molar-refractivity contribution in [2.24, 2.45) is 0 Å². The van der Waals surface area contributed by atoms with E-state index in [1.807, 2.05) is 18.7 Å². The molecule has 0 spiro atoms. The lowest BCUT2D eigenvalue weighted by Crippen LogP contribution is -2.23. The van der Waals surface area contributed by atoms with Gasteiger partial charge in [-0.25, -0.2) is 4.98 Å². The summed E-state index contributed by atoms with van der Waals surface area (Å²) >= 11 is 3.61. The van der Waals surface area contributed by atoms with Crippen molar-refractivity contribution in [1.29, 1.82) is 0 Å². The first kappa shape index (κ1) is 13.0. The summed E-state index contributed by atoms with van der Waals surface area (Å²) < 4.78 is 1.19. The molecule has 0 saturated carbocycles. The number of nitrogens with one attached hydrogen (secondary N) is 1. The van der Waals surface area contributed by atoms with Gasteiger partial charge in [0.05, 0.1) is 0 Å². The Hall–Kier alpha value is -0.0600. The van der Waals surface area contributed by atoms with Gasteiger partial charge in [-0.15, -0.1) is 11.3 Å². The molecule has 15 heavy (non-hydrogen) atoms. The van der Waals surface area contributed by atoms with E-state index in [-0.39, 0.29) is 0 Å². The standard InChI is InChI=1S/C11H20N2S2/c1-4-5-6-12-7-10(3)15-11-13-9(2)8-14-11/h8,10,12H,4-7H2,1-3H3. The molecular formula is C11H20N2S2. The number of nitrogens with zero attached hydrogens (tertiary/aromatic N) is 1. The molecule has 0 aromatic carbocycles. The van der Waals surface area contributed by atoms with Crippen LogP contribution in [0.2, 0.25) is 0 Å². The van der Waals surface area contributed by atoms with Crippen molar-refractivity contribution in [2.45, 2.75) is 43.2 Å². The highest BCUT2D eigenvalue weighted by Gasteiger charge is 2.06. The third-order valence-corrected chi connectivity index (χ3v) is 4.23. The lowest BCUT2D eigenvalue weighted by atomic mass is 10.3. The Morgan fingerprint density at radius 2 is 2.40 bits per heavy atom. The summed E-state index contributed by atoms with van der Waals surface area (Å²) in [4.78, 5) is 4.45. The minimum absolute atomic E-state index is 0.604. The number of aromatic nitrogens is 1. The van der Waals surface area contributed by atoms with Gasteiger partial charge in [0.25, 0.3) is 0 Å². The van der Waals surface area contributed by atoms with Crippen molar-refractivity contribution >= 4 is 23.1 Å². The van der Waals surface area contributed by atoms with Crippen LogP contribution in [0.25, 0.3) is 0 Å². The second-order valence-electron chi connectivity index (χ2n) is 3.74. The molecule has 86 valence electrons. The summed E-state index contributed by atoms with van der Waals surface area (Å²) in [5.74, 6) is 0. The second-order valence-corrected chi connectivity index (χ2v) is 6.28. The number of hydrogen-bond donors (Lipinski definition) is 1. The summed E-state index contributed by atoms with van der Waals surface area (Å²) in [5, 5.41) is 6.18. The number of thiazole rings is 1. The largest absolute Gasteiger partial charge is 0.316 e. The SMILES string of the molecule is CCCCNCC(C)Sc1nc(C)cs1. The Kier molecular flexibility index (Phi) is 6.29. The number of hydrogen-bond acceptors (Lipinski definition) is 4. The summed E-state index contributed by atoms with van der Waals surface area (Å²) in [5.41, 5.74) is 1.13. The number of aryl methyl sites for hydroxylation is 1. The summed E-state index contributed by atoms with van der Waals surface area (Å²) in [7, 11) is 0. The Bertz CT molecular complexity index is 273. The maximum atomic E-state index is 4.45. The van der Waals surface area contributed by atoms with Gasteiger partial charge in [-0.2, -0.15) is 0 Å². The predicted octanol–water partition coefficient (Wildman–Crippen LogP) is 3.32. The normalized spacial score (nSPS) is 13.0. The van der Waals surface area contributed by atoms with Crippen molar-refractivity contribution in [3.8, 4) is 0 Å². The average Bonchev–Trinajstić information content (AvgIpc) is 2.59. The average molecular weight is 244 g/mol. The molecule has 1 aromatic rings. The molecule has 0 aliphatic heterocycles. The maximum Gasteiger partial charge on any atom is 0.150 e. The minimum Gasteiger partial charge on any atom is -0.316 e. The van der Waals surface area contributed by atoms with Crippen LogP contribution in [-0.2, 0) is 0 Å². The molecule has 0 fully saturated rings. The van der Waals surface area contributed by atoms with Crippen molar-refractivity contribution in [2.75, 3.05) is 13.1 Å². The van der Waals surface area contributed by atoms with Crippen LogP contribution in [0.15, 0.2) is 9.72 Å². The van der Waals surface area contributed by atoms with Crippen LogP contribution in [0.4, 0.5) is 0 Å². The third kappa shape index (κ3) is 5.54. The quantitative estimate of drug-likeness (QED) is 0.588. The van der Waals surface area contributed by atoms with E-state index in [1.165, 1.54) is 17.2 Å². The fourth-order valence-electron chi connectivity index (χ4n) is 1.21. The van der Waals surface area contributed by atoms with Gasteiger partial charge in [0.15, 0.2) is 0 Å². The van der Waals surface area contributed by atoms with Crippen LogP contribution in [0.1, 0.15) is 32.4 Å². The first-order valence-corrected chi connectivity index (χ1v) is 7.27. The molecule has 0 aliphatic rings. The lowest BCUT2D eigenvalue weighted by molar-refractivity contribution is 0.638. The first-order valence-electron chi connectivity index (χ1n) is 5.52. The molecule has 0 aliphatic carbocycles. The highest BCUT2D eigenvalue weighted by molar-refractivity contribution is 8.01. The zero-order valence-electron chi connectivity index (χ0n) is 9.75. The fraction of sp³-hybridized carbons (Fsp3) is 0.727. The Balaban J connectivity index is 2.15. The molecule has 1 aromatic heterocycles. The Morgan fingerprint density at radius 1 is 1.60 bits per heavy atom. The van der Waals surface area contributed by atoms with E-state index in [1.54, 1.807) is 11.3 Å². The topological polar surface area (TPSA) is 24.9 Å². The van der Waals surface area contributed by atoms with E-state index in [2.05, 4.69) is 29.5 Å². The van der Waals surface area contributed by atoms with E-state index < -0.39 is 0 Å². The van der Waals surface area contributed by atoms with E-state index >= 15 is 0 Å². The molecule has 0 radical (unpaired) electrons. The molecular weight excluding hydrogens is 224 g/mol. The van der Waals surface area contributed by atoms with Crippen LogP contribution in [-0.4, -0.2) is 23.3 Å². The van der Waals surface area contributed by atoms with Crippen molar-refractivity contribution in [3.05, 3.63) is 11.1 Å². The van der Waals surface area contributed by atoms with Gasteiger partial charge in [-0.05, 0) is 19.9 Å². The van der Waals surface area contributed by atoms with Gasteiger partial charge in [-0.3, -0.25) is 0 Å². The maximum absolute atomic E-state index is 4.45. The number of unbranched alkanes of at least 4 members (excludes halogenated alkanes) is 1.